The Bertz CT molecular complexity index is 1060. The molecule has 1 amide bonds. The monoisotopic (exact) mass is 463 g/mol. The number of amides is 1. The van der Waals surface area contributed by atoms with Gasteiger partial charge in [0.2, 0.25) is 0 Å². The summed E-state index contributed by atoms with van der Waals surface area (Å²) in [4.78, 5) is 17.7. The van der Waals surface area contributed by atoms with Gasteiger partial charge in [0, 0.05) is 43.4 Å². The summed E-state index contributed by atoms with van der Waals surface area (Å²) in [6.07, 6.45) is 0. The number of rotatable bonds is 8. The van der Waals surface area contributed by atoms with E-state index in [9.17, 15) is 4.79 Å². The summed E-state index contributed by atoms with van der Waals surface area (Å²) < 4.78 is 2.21. The zero-order chi connectivity index (χ0) is 23.2. The van der Waals surface area contributed by atoms with E-state index in [0.29, 0.717) is 5.75 Å². The van der Waals surface area contributed by atoms with Crippen molar-refractivity contribution in [2.75, 3.05) is 32.7 Å². The van der Waals surface area contributed by atoms with E-state index in [1.807, 2.05) is 29.2 Å². The van der Waals surface area contributed by atoms with E-state index in [2.05, 4.69) is 70.8 Å². The summed E-state index contributed by atoms with van der Waals surface area (Å²) >= 11 is 1.65. The zero-order valence-electron chi connectivity index (χ0n) is 19.8. The van der Waals surface area contributed by atoms with Crippen LogP contribution in [0.25, 0.3) is 0 Å². The molecule has 7 heteroatoms. The molecule has 1 saturated heterocycles. The van der Waals surface area contributed by atoms with E-state index < -0.39 is 0 Å². The normalized spacial score (nSPS) is 14.7. The van der Waals surface area contributed by atoms with E-state index in [1.165, 1.54) is 5.56 Å². The molecule has 0 N–H and O–H groups in total. The lowest BCUT2D eigenvalue weighted by Crippen LogP contribution is -2.48. The molecular formula is C26H33N5OS. The number of carbonyl (C=O) groups is 1. The Morgan fingerprint density at radius 1 is 0.970 bits per heavy atom. The minimum Gasteiger partial charge on any atom is -0.336 e. The molecule has 1 aliphatic rings. The molecule has 3 aromatic rings. The van der Waals surface area contributed by atoms with Gasteiger partial charge in [-0.3, -0.25) is 4.79 Å². The number of aromatic nitrogens is 3. The molecular weight excluding hydrogens is 430 g/mol. The summed E-state index contributed by atoms with van der Waals surface area (Å²) in [5.74, 6) is 2.09. The first kappa shape index (κ1) is 23.5. The predicted molar refractivity (Wildman–Crippen MR) is 134 cm³/mol. The fourth-order valence-corrected chi connectivity index (χ4v) is 5.13. The number of hydrogen-bond donors (Lipinski definition) is 0. The van der Waals surface area contributed by atoms with Gasteiger partial charge in [0.15, 0.2) is 5.16 Å². The van der Waals surface area contributed by atoms with Gasteiger partial charge in [-0.25, -0.2) is 0 Å². The third kappa shape index (κ3) is 5.65. The third-order valence-electron chi connectivity index (χ3n) is 6.16. The van der Waals surface area contributed by atoms with E-state index in [4.69, 9.17) is 0 Å². The first-order chi connectivity index (χ1) is 16.1. The van der Waals surface area contributed by atoms with Crippen molar-refractivity contribution in [3.63, 3.8) is 0 Å². The van der Waals surface area contributed by atoms with Gasteiger partial charge in [0.05, 0.1) is 6.54 Å². The highest BCUT2D eigenvalue weighted by molar-refractivity contribution is 7.98. The minimum absolute atomic E-state index is 0.135. The standard InChI is InChI=1S/C26H33N5OS/c1-4-29-14-16-30(17-15-29)25(32)23-13-9-8-12-22(23)19-33-26-28-27-24(20(2)3)31(26)18-21-10-6-5-7-11-21/h5-13,20H,4,14-19H2,1-3H3. The van der Waals surface area contributed by atoms with Gasteiger partial charge in [-0.1, -0.05) is 81.1 Å². The van der Waals surface area contributed by atoms with Crippen LogP contribution in [-0.4, -0.2) is 63.2 Å². The van der Waals surface area contributed by atoms with Gasteiger partial charge in [0.25, 0.3) is 5.91 Å². The lowest BCUT2D eigenvalue weighted by atomic mass is 10.1. The molecule has 1 aliphatic heterocycles. The summed E-state index contributed by atoms with van der Waals surface area (Å²) in [5, 5.41) is 9.88. The second kappa shape index (κ2) is 11.0. The molecule has 174 valence electrons. The van der Waals surface area contributed by atoms with Crippen molar-refractivity contribution in [2.45, 2.75) is 44.1 Å². The first-order valence-corrected chi connectivity index (χ1v) is 12.7. The highest BCUT2D eigenvalue weighted by Gasteiger charge is 2.23. The number of nitrogens with zero attached hydrogens (tertiary/aromatic N) is 5. The second-order valence-corrected chi connectivity index (χ2v) is 9.68. The smallest absolute Gasteiger partial charge is 0.254 e. The highest BCUT2D eigenvalue weighted by Crippen LogP contribution is 2.27. The van der Waals surface area contributed by atoms with Crippen molar-refractivity contribution in [2.24, 2.45) is 0 Å². The summed E-state index contributed by atoms with van der Waals surface area (Å²) in [5.41, 5.74) is 3.07. The number of hydrogen-bond acceptors (Lipinski definition) is 5. The summed E-state index contributed by atoms with van der Waals surface area (Å²) in [6.45, 7) is 11.7. The third-order valence-corrected chi connectivity index (χ3v) is 7.17. The topological polar surface area (TPSA) is 54.3 Å². The molecule has 1 aromatic heterocycles. The molecule has 0 radical (unpaired) electrons. The number of piperazine rings is 1. The Labute approximate surface area is 201 Å². The average molecular weight is 464 g/mol. The van der Waals surface area contributed by atoms with Crippen LogP contribution in [0.3, 0.4) is 0 Å². The quantitative estimate of drug-likeness (QED) is 0.460. The first-order valence-electron chi connectivity index (χ1n) is 11.8. The Kier molecular flexibility index (Phi) is 7.83. The largest absolute Gasteiger partial charge is 0.336 e. The fourth-order valence-electron chi connectivity index (χ4n) is 4.18. The molecule has 0 unspecified atom stereocenters. The molecule has 2 heterocycles. The molecule has 6 nitrogen and oxygen atoms in total. The number of likely N-dealkylation sites (N-methyl/N-ethyl adjacent to an activating group) is 1. The minimum atomic E-state index is 0.135. The van der Waals surface area contributed by atoms with Crippen LogP contribution >= 0.6 is 11.8 Å². The van der Waals surface area contributed by atoms with Gasteiger partial charge in [-0.2, -0.15) is 0 Å². The summed E-state index contributed by atoms with van der Waals surface area (Å²) in [7, 11) is 0. The molecule has 0 saturated carbocycles. The molecule has 0 atom stereocenters. The Balaban J connectivity index is 1.51. The Morgan fingerprint density at radius 2 is 1.67 bits per heavy atom. The van der Waals surface area contributed by atoms with Crippen LogP contribution in [0.4, 0.5) is 0 Å². The molecule has 1 fully saturated rings. The number of carbonyl (C=O) groups excluding carboxylic acids is 1. The molecule has 33 heavy (non-hydrogen) atoms. The zero-order valence-corrected chi connectivity index (χ0v) is 20.6. The van der Waals surface area contributed by atoms with Crippen LogP contribution in [0.15, 0.2) is 59.8 Å². The maximum Gasteiger partial charge on any atom is 0.254 e. The van der Waals surface area contributed by atoms with Crippen molar-refractivity contribution < 1.29 is 4.79 Å². The number of benzene rings is 2. The molecule has 4 rings (SSSR count). The van der Waals surface area contributed by atoms with E-state index in [0.717, 1.165) is 61.4 Å². The van der Waals surface area contributed by atoms with Crippen LogP contribution in [-0.2, 0) is 12.3 Å². The molecule has 0 aliphatic carbocycles. The second-order valence-electron chi connectivity index (χ2n) is 8.74. The van der Waals surface area contributed by atoms with Gasteiger partial charge >= 0.3 is 0 Å². The Morgan fingerprint density at radius 3 is 2.36 bits per heavy atom. The molecule has 0 bridgehead atoms. The summed E-state index contributed by atoms with van der Waals surface area (Å²) in [6, 6.07) is 18.4. The number of thioether (sulfide) groups is 1. The SMILES string of the molecule is CCN1CCN(C(=O)c2ccccc2CSc2nnc(C(C)C)n2Cc2ccccc2)CC1. The van der Waals surface area contributed by atoms with Crippen LogP contribution in [0, 0.1) is 0 Å². The van der Waals surface area contributed by atoms with Crippen LogP contribution in [0.2, 0.25) is 0 Å². The van der Waals surface area contributed by atoms with Crippen LogP contribution < -0.4 is 0 Å². The maximum absolute atomic E-state index is 13.3. The van der Waals surface area contributed by atoms with Gasteiger partial charge in [0.1, 0.15) is 5.82 Å². The van der Waals surface area contributed by atoms with Gasteiger partial charge < -0.3 is 14.4 Å². The average Bonchev–Trinajstić information content (AvgIpc) is 3.25. The molecule has 2 aromatic carbocycles. The lowest BCUT2D eigenvalue weighted by molar-refractivity contribution is 0.0642. The highest BCUT2D eigenvalue weighted by atomic mass is 32.2. The van der Waals surface area contributed by atoms with Gasteiger partial charge in [-0.15, -0.1) is 10.2 Å². The van der Waals surface area contributed by atoms with E-state index in [-0.39, 0.29) is 11.8 Å². The van der Waals surface area contributed by atoms with Crippen molar-refractivity contribution in [1.29, 1.82) is 0 Å². The van der Waals surface area contributed by atoms with Crippen LogP contribution in [0.5, 0.6) is 0 Å². The van der Waals surface area contributed by atoms with Crippen molar-refractivity contribution in [3.05, 3.63) is 77.1 Å². The fraction of sp³-hybridized carbons (Fsp3) is 0.423. The van der Waals surface area contributed by atoms with E-state index in [1.54, 1.807) is 11.8 Å². The van der Waals surface area contributed by atoms with Crippen molar-refractivity contribution in [3.8, 4) is 0 Å². The maximum atomic E-state index is 13.3. The predicted octanol–water partition coefficient (Wildman–Crippen LogP) is 4.52. The van der Waals surface area contributed by atoms with Crippen molar-refractivity contribution >= 4 is 17.7 Å². The lowest BCUT2D eigenvalue weighted by Gasteiger charge is -2.34. The Hall–Kier alpha value is -2.64. The van der Waals surface area contributed by atoms with Crippen molar-refractivity contribution in [1.82, 2.24) is 24.6 Å². The van der Waals surface area contributed by atoms with Gasteiger partial charge in [-0.05, 0) is 23.7 Å². The van der Waals surface area contributed by atoms with Crippen LogP contribution in [0.1, 0.15) is 54.0 Å². The molecule has 0 spiro atoms. The van der Waals surface area contributed by atoms with E-state index >= 15 is 0 Å².